The van der Waals surface area contributed by atoms with Crippen LogP contribution in [0.15, 0.2) is 18.2 Å². The fourth-order valence-electron chi connectivity index (χ4n) is 3.48. The van der Waals surface area contributed by atoms with Crippen LogP contribution >= 0.6 is 0 Å². The van der Waals surface area contributed by atoms with Crippen molar-refractivity contribution in [1.82, 2.24) is 10.2 Å². The summed E-state index contributed by atoms with van der Waals surface area (Å²) in [6, 6.07) is 5.10. The molecule has 0 saturated carbocycles. The van der Waals surface area contributed by atoms with E-state index in [1.165, 1.54) is 6.07 Å². The summed E-state index contributed by atoms with van der Waals surface area (Å²) in [6.07, 6.45) is 1.61. The standard InChI is InChI=1S/C16H21FN2O2/c1-2-21-16(20)15-10-18-8-9-19(15)14-7-6-11-12(14)4-3-5-13(11)17/h3-5,14-15,18H,2,6-10H2,1H3. The van der Waals surface area contributed by atoms with Crippen molar-refractivity contribution in [3.63, 3.8) is 0 Å². The van der Waals surface area contributed by atoms with Gasteiger partial charge in [0.05, 0.1) is 6.61 Å². The van der Waals surface area contributed by atoms with E-state index >= 15 is 0 Å². The smallest absolute Gasteiger partial charge is 0.324 e. The van der Waals surface area contributed by atoms with Crippen LogP contribution in [0.4, 0.5) is 4.39 Å². The Hall–Kier alpha value is -1.46. The summed E-state index contributed by atoms with van der Waals surface area (Å²) in [5.74, 6) is -0.313. The maximum Gasteiger partial charge on any atom is 0.324 e. The lowest BCUT2D eigenvalue weighted by molar-refractivity contribution is -0.151. The van der Waals surface area contributed by atoms with Gasteiger partial charge in [-0.25, -0.2) is 4.39 Å². The van der Waals surface area contributed by atoms with Crippen molar-refractivity contribution < 1.29 is 13.9 Å². The quantitative estimate of drug-likeness (QED) is 0.860. The molecule has 4 nitrogen and oxygen atoms in total. The molecule has 114 valence electrons. The van der Waals surface area contributed by atoms with Gasteiger partial charge in [-0.1, -0.05) is 12.1 Å². The summed E-state index contributed by atoms with van der Waals surface area (Å²) in [7, 11) is 0. The first-order valence-corrected chi connectivity index (χ1v) is 7.62. The third kappa shape index (κ3) is 2.68. The second-order valence-electron chi connectivity index (χ2n) is 5.57. The number of nitrogens with zero attached hydrogens (tertiary/aromatic N) is 1. The Morgan fingerprint density at radius 1 is 1.52 bits per heavy atom. The molecule has 2 atom stereocenters. The van der Waals surface area contributed by atoms with E-state index in [2.05, 4.69) is 10.2 Å². The van der Waals surface area contributed by atoms with Gasteiger partial charge in [0.25, 0.3) is 0 Å². The highest BCUT2D eigenvalue weighted by atomic mass is 19.1. The van der Waals surface area contributed by atoms with Crippen LogP contribution in [0.2, 0.25) is 0 Å². The molecule has 1 heterocycles. The first-order valence-electron chi connectivity index (χ1n) is 7.62. The molecule has 3 rings (SSSR count). The Labute approximate surface area is 124 Å². The molecule has 0 amide bonds. The predicted octanol–water partition coefficient (Wildman–Crippen LogP) is 1.65. The summed E-state index contributed by atoms with van der Waals surface area (Å²) in [4.78, 5) is 14.3. The Morgan fingerprint density at radius 3 is 3.19 bits per heavy atom. The number of esters is 1. The molecular formula is C16H21FN2O2. The van der Waals surface area contributed by atoms with Crippen LogP contribution in [-0.4, -0.2) is 43.2 Å². The van der Waals surface area contributed by atoms with Gasteiger partial charge in [0.2, 0.25) is 0 Å². The van der Waals surface area contributed by atoms with Crippen molar-refractivity contribution >= 4 is 5.97 Å². The van der Waals surface area contributed by atoms with Gasteiger partial charge in [-0.15, -0.1) is 0 Å². The van der Waals surface area contributed by atoms with Crippen LogP contribution in [0.25, 0.3) is 0 Å². The average Bonchev–Trinajstić information content (AvgIpc) is 2.93. The van der Waals surface area contributed by atoms with E-state index in [0.29, 0.717) is 13.2 Å². The van der Waals surface area contributed by atoms with E-state index in [1.807, 2.05) is 13.0 Å². The molecule has 1 N–H and O–H groups in total. The van der Waals surface area contributed by atoms with Gasteiger partial charge in [-0.3, -0.25) is 9.69 Å². The molecule has 0 spiro atoms. The zero-order chi connectivity index (χ0) is 14.8. The molecular weight excluding hydrogens is 271 g/mol. The van der Waals surface area contributed by atoms with Crippen molar-refractivity contribution in [2.24, 2.45) is 0 Å². The van der Waals surface area contributed by atoms with Crippen molar-refractivity contribution in [2.75, 3.05) is 26.2 Å². The monoisotopic (exact) mass is 292 g/mol. The van der Waals surface area contributed by atoms with Crippen LogP contribution in [0.1, 0.15) is 30.5 Å². The van der Waals surface area contributed by atoms with E-state index in [9.17, 15) is 9.18 Å². The van der Waals surface area contributed by atoms with E-state index < -0.39 is 0 Å². The highest BCUT2D eigenvalue weighted by Gasteiger charge is 2.38. The molecule has 0 aromatic heterocycles. The number of halogens is 1. The Kier molecular flexibility index (Phi) is 4.22. The van der Waals surface area contributed by atoms with Crippen molar-refractivity contribution in [1.29, 1.82) is 0 Å². The number of rotatable bonds is 3. The van der Waals surface area contributed by atoms with Crippen LogP contribution in [0.5, 0.6) is 0 Å². The van der Waals surface area contributed by atoms with Crippen molar-refractivity contribution in [3.05, 3.63) is 35.1 Å². The SMILES string of the molecule is CCOC(=O)C1CNCCN1C1CCc2c(F)cccc21. The zero-order valence-electron chi connectivity index (χ0n) is 12.3. The second kappa shape index (κ2) is 6.12. The van der Waals surface area contributed by atoms with Crippen LogP contribution < -0.4 is 5.32 Å². The predicted molar refractivity (Wildman–Crippen MR) is 77.5 cm³/mol. The number of ether oxygens (including phenoxy) is 1. The number of hydrogen-bond acceptors (Lipinski definition) is 4. The molecule has 0 radical (unpaired) electrons. The minimum atomic E-state index is -0.280. The normalized spacial score (nSPS) is 25.6. The number of piperazine rings is 1. The summed E-state index contributed by atoms with van der Waals surface area (Å²) in [6.45, 7) is 4.43. The van der Waals surface area contributed by atoms with E-state index in [4.69, 9.17) is 4.74 Å². The highest BCUT2D eigenvalue weighted by molar-refractivity contribution is 5.76. The summed E-state index contributed by atoms with van der Waals surface area (Å²) >= 11 is 0. The Bertz CT molecular complexity index is 535. The third-order valence-corrected chi connectivity index (χ3v) is 4.43. The van der Waals surface area contributed by atoms with Gasteiger partial charge >= 0.3 is 5.97 Å². The first kappa shape index (κ1) is 14.5. The van der Waals surface area contributed by atoms with Gasteiger partial charge in [0.15, 0.2) is 0 Å². The van der Waals surface area contributed by atoms with Gasteiger partial charge < -0.3 is 10.1 Å². The number of benzene rings is 1. The van der Waals surface area contributed by atoms with Crippen LogP contribution in [-0.2, 0) is 16.0 Å². The second-order valence-corrected chi connectivity index (χ2v) is 5.57. The maximum absolute atomic E-state index is 13.9. The molecule has 1 aliphatic carbocycles. The summed E-state index contributed by atoms with van der Waals surface area (Å²) < 4.78 is 19.1. The minimum Gasteiger partial charge on any atom is -0.465 e. The van der Waals surface area contributed by atoms with Crippen LogP contribution in [0, 0.1) is 5.82 Å². The Morgan fingerprint density at radius 2 is 2.38 bits per heavy atom. The molecule has 1 aromatic rings. The zero-order valence-corrected chi connectivity index (χ0v) is 12.3. The first-order chi connectivity index (χ1) is 10.2. The highest BCUT2D eigenvalue weighted by Crippen LogP contribution is 2.38. The number of carbonyl (C=O) groups is 1. The van der Waals surface area contributed by atoms with Crippen molar-refractivity contribution in [3.8, 4) is 0 Å². The molecule has 1 aromatic carbocycles. The van der Waals surface area contributed by atoms with E-state index in [1.54, 1.807) is 6.07 Å². The molecule has 1 saturated heterocycles. The fourth-order valence-corrected chi connectivity index (χ4v) is 3.48. The van der Waals surface area contributed by atoms with E-state index in [-0.39, 0.29) is 23.9 Å². The number of nitrogens with one attached hydrogen (secondary N) is 1. The van der Waals surface area contributed by atoms with E-state index in [0.717, 1.165) is 37.1 Å². The molecule has 2 unspecified atom stereocenters. The summed E-state index contributed by atoms with van der Waals surface area (Å²) in [5, 5.41) is 3.25. The van der Waals surface area contributed by atoms with Gasteiger partial charge in [0.1, 0.15) is 11.9 Å². The number of hydrogen-bond donors (Lipinski definition) is 1. The lowest BCUT2D eigenvalue weighted by atomic mass is 10.0. The topological polar surface area (TPSA) is 41.6 Å². The fraction of sp³-hybridized carbons (Fsp3) is 0.562. The Balaban J connectivity index is 1.86. The van der Waals surface area contributed by atoms with Gasteiger partial charge in [-0.2, -0.15) is 0 Å². The van der Waals surface area contributed by atoms with Gasteiger partial charge in [-0.05, 0) is 37.0 Å². The van der Waals surface area contributed by atoms with Crippen LogP contribution in [0.3, 0.4) is 0 Å². The molecule has 1 aliphatic heterocycles. The average molecular weight is 292 g/mol. The molecule has 1 fully saturated rings. The number of fused-ring (bicyclic) bond motifs is 1. The molecule has 21 heavy (non-hydrogen) atoms. The number of carbonyl (C=O) groups excluding carboxylic acids is 1. The van der Waals surface area contributed by atoms with Crippen molar-refractivity contribution in [2.45, 2.75) is 31.8 Å². The maximum atomic E-state index is 13.9. The minimum absolute atomic E-state index is 0.118. The largest absolute Gasteiger partial charge is 0.465 e. The van der Waals surface area contributed by atoms with Gasteiger partial charge in [0, 0.05) is 25.7 Å². The molecule has 0 bridgehead atoms. The summed E-state index contributed by atoms with van der Waals surface area (Å²) in [5.41, 5.74) is 1.84. The lowest BCUT2D eigenvalue weighted by Crippen LogP contribution is -2.56. The molecule has 5 heteroatoms. The third-order valence-electron chi connectivity index (χ3n) is 4.43. The molecule has 2 aliphatic rings. The lowest BCUT2D eigenvalue weighted by Gasteiger charge is -2.39.